The van der Waals surface area contributed by atoms with Gasteiger partial charge in [0.05, 0.1) is 0 Å². The fourth-order valence-electron chi connectivity index (χ4n) is 3.14. The third kappa shape index (κ3) is 4.05. The van der Waals surface area contributed by atoms with Crippen molar-refractivity contribution in [2.24, 2.45) is 5.73 Å². The molecule has 1 unspecified atom stereocenters. The minimum absolute atomic E-state index is 0.169. The van der Waals surface area contributed by atoms with E-state index in [2.05, 4.69) is 55.1 Å². The first-order valence-corrected chi connectivity index (χ1v) is 7.78. The van der Waals surface area contributed by atoms with Crippen molar-refractivity contribution in [1.82, 2.24) is 9.80 Å². The van der Waals surface area contributed by atoms with Crippen molar-refractivity contribution in [3.8, 4) is 0 Å². The van der Waals surface area contributed by atoms with Crippen molar-refractivity contribution in [2.45, 2.75) is 38.3 Å². The fourth-order valence-corrected chi connectivity index (χ4v) is 3.14. The predicted octanol–water partition coefficient (Wildman–Crippen LogP) is 2.41. The molecule has 1 aliphatic heterocycles. The van der Waals surface area contributed by atoms with Crippen LogP contribution in [0.2, 0.25) is 0 Å². The molecule has 0 bridgehead atoms. The van der Waals surface area contributed by atoms with Gasteiger partial charge in [-0.1, -0.05) is 24.3 Å². The summed E-state index contributed by atoms with van der Waals surface area (Å²) < 4.78 is 0. The number of hydrogen-bond donors (Lipinski definition) is 1. The zero-order valence-electron chi connectivity index (χ0n) is 13.2. The summed E-state index contributed by atoms with van der Waals surface area (Å²) in [6, 6.07) is 9.41. The zero-order chi connectivity index (χ0) is 14.5. The molecule has 0 aliphatic carbocycles. The molecule has 2 N–H and O–H groups in total. The first kappa shape index (κ1) is 15.5. The van der Waals surface area contributed by atoms with Gasteiger partial charge in [-0.2, -0.15) is 0 Å². The summed E-state index contributed by atoms with van der Waals surface area (Å²) in [5.74, 6) is 0. The summed E-state index contributed by atoms with van der Waals surface area (Å²) in [5, 5.41) is 0. The second-order valence-electron chi connectivity index (χ2n) is 6.29. The molecule has 1 aromatic rings. The van der Waals surface area contributed by atoms with Gasteiger partial charge in [-0.3, -0.25) is 0 Å². The van der Waals surface area contributed by atoms with Crippen molar-refractivity contribution < 1.29 is 0 Å². The maximum absolute atomic E-state index is 6.35. The van der Waals surface area contributed by atoms with Gasteiger partial charge >= 0.3 is 0 Å². The van der Waals surface area contributed by atoms with E-state index in [0.717, 1.165) is 19.0 Å². The van der Waals surface area contributed by atoms with E-state index in [9.17, 15) is 0 Å². The van der Waals surface area contributed by atoms with Crippen molar-refractivity contribution >= 4 is 0 Å². The summed E-state index contributed by atoms with van der Waals surface area (Å²) in [6.45, 7) is 5.69. The smallest absolute Gasteiger partial charge is 0.0309 e. The summed E-state index contributed by atoms with van der Waals surface area (Å²) >= 11 is 0. The molecule has 0 radical (unpaired) electrons. The third-order valence-electron chi connectivity index (χ3n) is 4.63. The van der Waals surface area contributed by atoms with E-state index in [1.54, 1.807) is 0 Å². The van der Waals surface area contributed by atoms with E-state index >= 15 is 0 Å². The normalized spacial score (nSPS) is 19.4. The minimum Gasteiger partial charge on any atom is -0.324 e. The van der Waals surface area contributed by atoms with Crippen LogP contribution in [0.1, 0.15) is 36.4 Å². The lowest BCUT2D eigenvalue weighted by Crippen LogP contribution is -2.42. The quantitative estimate of drug-likeness (QED) is 0.895. The molecule has 3 heteroatoms. The monoisotopic (exact) mass is 275 g/mol. The van der Waals surface area contributed by atoms with Crippen LogP contribution in [0.5, 0.6) is 0 Å². The number of nitrogens with zero attached hydrogens (tertiary/aromatic N) is 2. The molecule has 0 saturated carbocycles. The fraction of sp³-hybridized carbons (Fsp3) is 0.647. The topological polar surface area (TPSA) is 32.5 Å². The van der Waals surface area contributed by atoms with Gasteiger partial charge in [-0.15, -0.1) is 0 Å². The predicted molar refractivity (Wildman–Crippen MR) is 85.9 cm³/mol. The average Bonchev–Trinajstić information content (AvgIpc) is 2.45. The molecule has 20 heavy (non-hydrogen) atoms. The summed E-state index contributed by atoms with van der Waals surface area (Å²) in [4.78, 5) is 4.93. The highest BCUT2D eigenvalue weighted by Crippen LogP contribution is 2.20. The van der Waals surface area contributed by atoms with Gasteiger partial charge < -0.3 is 15.5 Å². The first-order chi connectivity index (χ1) is 9.58. The summed E-state index contributed by atoms with van der Waals surface area (Å²) in [7, 11) is 4.38. The lowest BCUT2D eigenvalue weighted by Gasteiger charge is -2.35. The zero-order valence-corrected chi connectivity index (χ0v) is 13.2. The molecular weight excluding hydrogens is 246 g/mol. The van der Waals surface area contributed by atoms with Gasteiger partial charge in [0.1, 0.15) is 0 Å². The highest BCUT2D eigenvalue weighted by atomic mass is 15.2. The Labute approximate surface area is 123 Å². The Morgan fingerprint density at radius 3 is 2.50 bits per heavy atom. The molecule has 0 aromatic heterocycles. The van der Waals surface area contributed by atoms with Crippen LogP contribution in [-0.4, -0.2) is 49.6 Å². The number of piperidine rings is 1. The molecule has 3 nitrogen and oxygen atoms in total. The molecule has 1 aromatic carbocycles. The molecule has 1 atom stereocenters. The van der Waals surface area contributed by atoms with Crippen LogP contribution in [0.15, 0.2) is 24.3 Å². The molecule has 1 heterocycles. The minimum atomic E-state index is 0.169. The molecule has 0 amide bonds. The molecule has 0 spiro atoms. The Morgan fingerprint density at radius 1 is 1.25 bits per heavy atom. The Balaban J connectivity index is 1.78. The Hall–Kier alpha value is -0.900. The number of likely N-dealkylation sites (tertiary alicyclic amines) is 1. The van der Waals surface area contributed by atoms with Crippen LogP contribution in [0.3, 0.4) is 0 Å². The number of benzene rings is 1. The highest BCUT2D eigenvalue weighted by molar-refractivity contribution is 5.28. The average molecular weight is 275 g/mol. The van der Waals surface area contributed by atoms with Crippen LogP contribution in [0.25, 0.3) is 0 Å². The van der Waals surface area contributed by atoms with Crippen LogP contribution in [0.4, 0.5) is 0 Å². The molecule has 1 saturated heterocycles. The SMILES string of the molecule is Cc1ccccc1C(N)CCN1CCC(N(C)C)CC1. The van der Waals surface area contributed by atoms with E-state index in [-0.39, 0.29) is 6.04 Å². The van der Waals surface area contributed by atoms with Crippen LogP contribution in [0, 0.1) is 6.92 Å². The van der Waals surface area contributed by atoms with E-state index in [1.165, 1.54) is 37.1 Å². The standard InChI is InChI=1S/C17H29N3/c1-14-6-4-5-7-16(14)17(18)10-13-20-11-8-15(9-12-20)19(2)3/h4-7,15,17H,8-13,18H2,1-3H3. The molecule has 2 rings (SSSR count). The van der Waals surface area contributed by atoms with Crippen molar-refractivity contribution in [3.63, 3.8) is 0 Å². The second kappa shape index (κ2) is 7.21. The van der Waals surface area contributed by atoms with Gasteiger partial charge in [0.25, 0.3) is 0 Å². The number of rotatable bonds is 5. The molecular formula is C17H29N3. The lowest BCUT2D eigenvalue weighted by atomic mass is 9.98. The van der Waals surface area contributed by atoms with E-state index < -0.39 is 0 Å². The number of aryl methyl sites for hydroxylation is 1. The summed E-state index contributed by atoms with van der Waals surface area (Å²) in [6.07, 6.45) is 3.62. The summed E-state index contributed by atoms with van der Waals surface area (Å²) in [5.41, 5.74) is 8.97. The van der Waals surface area contributed by atoms with Gasteiger partial charge in [0.15, 0.2) is 0 Å². The van der Waals surface area contributed by atoms with Crippen LogP contribution in [-0.2, 0) is 0 Å². The maximum atomic E-state index is 6.35. The lowest BCUT2D eigenvalue weighted by molar-refractivity contribution is 0.142. The maximum Gasteiger partial charge on any atom is 0.0309 e. The van der Waals surface area contributed by atoms with Crippen molar-refractivity contribution in [2.75, 3.05) is 33.7 Å². The largest absolute Gasteiger partial charge is 0.324 e. The highest BCUT2D eigenvalue weighted by Gasteiger charge is 2.20. The van der Waals surface area contributed by atoms with Crippen LogP contribution < -0.4 is 5.73 Å². The van der Waals surface area contributed by atoms with Crippen molar-refractivity contribution in [1.29, 1.82) is 0 Å². The van der Waals surface area contributed by atoms with Gasteiger partial charge in [-0.25, -0.2) is 0 Å². The number of nitrogens with two attached hydrogens (primary N) is 1. The molecule has 1 aliphatic rings. The van der Waals surface area contributed by atoms with Gasteiger partial charge in [0.2, 0.25) is 0 Å². The Morgan fingerprint density at radius 2 is 1.90 bits per heavy atom. The van der Waals surface area contributed by atoms with Gasteiger partial charge in [0, 0.05) is 12.1 Å². The van der Waals surface area contributed by atoms with Crippen LogP contribution >= 0.6 is 0 Å². The Kier molecular flexibility index (Phi) is 5.58. The van der Waals surface area contributed by atoms with E-state index in [1.807, 2.05) is 0 Å². The first-order valence-electron chi connectivity index (χ1n) is 7.78. The van der Waals surface area contributed by atoms with Crippen molar-refractivity contribution in [3.05, 3.63) is 35.4 Å². The second-order valence-corrected chi connectivity index (χ2v) is 6.29. The number of hydrogen-bond acceptors (Lipinski definition) is 3. The molecule has 1 fully saturated rings. The van der Waals surface area contributed by atoms with Gasteiger partial charge in [-0.05, 0) is 71.0 Å². The third-order valence-corrected chi connectivity index (χ3v) is 4.63. The van der Waals surface area contributed by atoms with E-state index in [4.69, 9.17) is 5.73 Å². The molecule has 112 valence electrons. The van der Waals surface area contributed by atoms with E-state index in [0.29, 0.717) is 0 Å². The Bertz CT molecular complexity index is 408.